The zero-order valence-electron chi connectivity index (χ0n) is 11.7. The highest BCUT2D eigenvalue weighted by Crippen LogP contribution is 2.40. The Morgan fingerprint density at radius 2 is 1.88 bits per heavy atom. The Kier molecular flexibility index (Phi) is 4.45. The smallest absolute Gasteiger partial charge is 0.0265 e. The normalized spacial score (nSPS) is 37.1. The third kappa shape index (κ3) is 2.67. The lowest BCUT2D eigenvalue weighted by Crippen LogP contribution is -2.51. The van der Waals surface area contributed by atoms with Gasteiger partial charge in [0.15, 0.2) is 0 Å². The number of nitrogens with two attached hydrogens (primary N) is 1. The molecule has 2 heterocycles. The zero-order chi connectivity index (χ0) is 12.4. The van der Waals surface area contributed by atoms with Crippen molar-refractivity contribution in [3.05, 3.63) is 0 Å². The van der Waals surface area contributed by atoms with Gasteiger partial charge < -0.3 is 4.90 Å². The van der Waals surface area contributed by atoms with Gasteiger partial charge in [-0.15, -0.1) is 0 Å². The van der Waals surface area contributed by atoms with Crippen LogP contribution in [0.15, 0.2) is 0 Å². The van der Waals surface area contributed by atoms with Gasteiger partial charge in [0.05, 0.1) is 0 Å². The lowest BCUT2D eigenvalue weighted by Gasteiger charge is -2.41. The van der Waals surface area contributed by atoms with Crippen molar-refractivity contribution >= 4 is 0 Å². The molecule has 2 aliphatic rings. The van der Waals surface area contributed by atoms with E-state index in [4.69, 9.17) is 5.84 Å². The Morgan fingerprint density at radius 1 is 1.29 bits per heavy atom. The molecular formula is C14H29N3. The molecule has 0 spiro atoms. The number of nitrogens with one attached hydrogen (secondary N) is 1. The van der Waals surface area contributed by atoms with Crippen molar-refractivity contribution in [3.8, 4) is 0 Å². The van der Waals surface area contributed by atoms with Gasteiger partial charge in [-0.25, -0.2) is 0 Å². The molecule has 0 amide bonds. The van der Waals surface area contributed by atoms with Crippen LogP contribution < -0.4 is 11.3 Å². The van der Waals surface area contributed by atoms with Gasteiger partial charge in [-0.1, -0.05) is 20.3 Å². The molecule has 17 heavy (non-hydrogen) atoms. The second kappa shape index (κ2) is 5.68. The summed E-state index contributed by atoms with van der Waals surface area (Å²) in [4.78, 5) is 2.61. The average molecular weight is 239 g/mol. The number of piperidine rings is 1. The Labute approximate surface area is 106 Å². The Balaban J connectivity index is 1.97. The number of nitrogens with zero attached hydrogens (tertiary/aromatic N) is 1. The number of fused-ring (bicyclic) bond motifs is 2. The molecule has 2 bridgehead atoms. The van der Waals surface area contributed by atoms with E-state index in [1.165, 1.54) is 38.5 Å². The van der Waals surface area contributed by atoms with Crippen molar-refractivity contribution in [3.63, 3.8) is 0 Å². The number of hydrogen-bond donors (Lipinski definition) is 2. The summed E-state index contributed by atoms with van der Waals surface area (Å²) in [5.41, 5.74) is 3.12. The van der Waals surface area contributed by atoms with E-state index >= 15 is 0 Å². The predicted molar refractivity (Wildman–Crippen MR) is 72.5 cm³/mol. The Bertz CT molecular complexity index is 230. The van der Waals surface area contributed by atoms with E-state index < -0.39 is 0 Å². The lowest BCUT2D eigenvalue weighted by molar-refractivity contribution is 0.0960. The molecule has 3 nitrogen and oxygen atoms in total. The second-order valence-corrected chi connectivity index (χ2v) is 6.24. The Morgan fingerprint density at radius 3 is 2.35 bits per heavy atom. The van der Waals surface area contributed by atoms with Gasteiger partial charge in [-0.05, 0) is 51.0 Å². The van der Waals surface area contributed by atoms with Crippen LogP contribution in [0, 0.1) is 11.8 Å². The van der Waals surface area contributed by atoms with Crippen LogP contribution >= 0.6 is 0 Å². The van der Waals surface area contributed by atoms with Crippen molar-refractivity contribution in [1.29, 1.82) is 0 Å². The topological polar surface area (TPSA) is 41.3 Å². The molecular weight excluding hydrogens is 210 g/mol. The van der Waals surface area contributed by atoms with E-state index in [-0.39, 0.29) is 0 Å². The first-order chi connectivity index (χ1) is 8.17. The van der Waals surface area contributed by atoms with Crippen LogP contribution in [0.1, 0.15) is 52.4 Å². The summed E-state index contributed by atoms with van der Waals surface area (Å²) in [6.45, 7) is 4.62. The largest absolute Gasteiger partial charge is 0.300 e. The first kappa shape index (κ1) is 13.3. The Hall–Kier alpha value is -0.120. The van der Waals surface area contributed by atoms with E-state index in [9.17, 15) is 0 Å². The molecule has 4 atom stereocenters. The standard InChI is InChI=1S/C14H29N3/c1-4-5-10(2)14(16-15)11-8-12-6-7-13(9-11)17(12)3/h10-14,16H,4-9,15H2,1-3H3. The highest BCUT2D eigenvalue weighted by atomic mass is 15.2. The van der Waals surface area contributed by atoms with E-state index in [0.29, 0.717) is 12.0 Å². The van der Waals surface area contributed by atoms with Crippen LogP contribution in [0.2, 0.25) is 0 Å². The van der Waals surface area contributed by atoms with Crippen molar-refractivity contribution in [2.24, 2.45) is 17.7 Å². The second-order valence-electron chi connectivity index (χ2n) is 6.24. The molecule has 0 aliphatic carbocycles. The molecule has 0 aromatic heterocycles. The molecule has 3 N–H and O–H groups in total. The van der Waals surface area contributed by atoms with Gasteiger partial charge in [0.1, 0.15) is 0 Å². The molecule has 2 fully saturated rings. The fourth-order valence-electron chi connectivity index (χ4n) is 4.15. The molecule has 0 saturated carbocycles. The fraction of sp³-hybridized carbons (Fsp3) is 1.00. The van der Waals surface area contributed by atoms with Gasteiger partial charge in [-0.3, -0.25) is 11.3 Å². The van der Waals surface area contributed by atoms with E-state index in [1.807, 2.05) is 0 Å². The summed E-state index contributed by atoms with van der Waals surface area (Å²) in [5, 5.41) is 0. The predicted octanol–water partition coefficient (Wildman–Crippen LogP) is 2.13. The van der Waals surface area contributed by atoms with Crippen LogP contribution in [-0.4, -0.2) is 30.1 Å². The van der Waals surface area contributed by atoms with Gasteiger partial charge >= 0.3 is 0 Å². The quantitative estimate of drug-likeness (QED) is 0.570. The van der Waals surface area contributed by atoms with Crippen molar-refractivity contribution in [2.75, 3.05) is 7.05 Å². The fourth-order valence-corrected chi connectivity index (χ4v) is 4.15. The molecule has 0 radical (unpaired) electrons. The van der Waals surface area contributed by atoms with Crippen LogP contribution in [-0.2, 0) is 0 Å². The third-order valence-corrected chi connectivity index (χ3v) is 5.19. The third-order valence-electron chi connectivity index (χ3n) is 5.19. The first-order valence-electron chi connectivity index (χ1n) is 7.35. The summed E-state index contributed by atoms with van der Waals surface area (Å²) >= 11 is 0. The highest BCUT2D eigenvalue weighted by Gasteiger charge is 2.41. The monoisotopic (exact) mass is 239 g/mol. The SMILES string of the molecule is CCCC(C)C(NN)C1CC2CCC(C1)N2C. The lowest BCUT2D eigenvalue weighted by atomic mass is 9.79. The average Bonchev–Trinajstić information content (AvgIpc) is 2.54. The van der Waals surface area contributed by atoms with Crippen LogP contribution in [0.5, 0.6) is 0 Å². The summed E-state index contributed by atoms with van der Waals surface area (Å²) in [5.74, 6) is 7.31. The maximum absolute atomic E-state index is 5.82. The molecule has 2 rings (SSSR count). The van der Waals surface area contributed by atoms with Gasteiger partial charge in [0.2, 0.25) is 0 Å². The highest BCUT2D eigenvalue weighted by molar-refractivity contribution is 4.97. The maximum atomic E-state index is 5.82. The van der Waals surface area contributed by atoms with Gasteiger partial charge in [0, 0.05) is 18.1 Å². The van der Waals surface area contributed by atoms with Crippen molar-refractivity contribution < 1.29 is 0 Å². The zero-order valence-corrected chi connectivity index (χ0v) is 11.7. The maximum Gasteiger partial charge on any atom is 0.0265 e. The number of rotatable bonds is 5. The van der Waals surface area contributed by atoms with Crippen LogP contribution in [0.25, 0.3) is 0 Å². The summed E-state index contributed by atoms with van der Waals surface area (Å²) < 4.78 is 0. The van der Waals surface area contributed by atoms with Gasteiger partial charge in [-0.2, -0.15) is 0 Å². The van der Waals surface area contributed by atoms with Crippen LogP contribution in [0.4, 0.5) is 0 Å². The van der Waals surface area contributed by atoms with E-state index in [0.717, 1.165) is 18.0 Å². The van der Waals surface area contributed by atoms with Crippen molar-refractivity contribution in [1.82, 2.24) is 10.3 Å². The number of hydrazine groups is 1. The minimum atomic E-state index is 0.520. The molecule has 100 valence electrons. The summed E-state index contributed by atoms with van der Waals surface area (Å²) in [6, 6.07) is 2.17. The molecule has 3 heteroatoms. The molecule has 2 saturated heterocycles. The molecule has 4 unspecified atom stereocenters. The van der Waals surface area contributed by atoms with Crippen LogP contribution in [0.3, 0.4) is 0 Å². The molecule has 2 aliphatic heterocycles. The van der Waals surface area contributed by atoms with Gasteiger partial charge in [0.25, 0.3) is 0 Å². The summed E-state index contributed by atoms with van der Waals surface area (Å²) in [6.07, 6.45) is 8.04. The molecule has 0 aromatic carbocycles. The van der Waals surface area contributed by atoms with Crippen molar-refractivity contribution in [2.45, 2.75) is 70.5 Å². The van der Waals surface area contributed by atoms with E-state index in [1.54, 1.807) is 0 Å². The molecule has 0 aromatic rings. The van der Waals surface area contributed by atoms with E-state index in [2.05, 4.69) is 31.2 Å². The first-order valence-corrected chi connectivity index (χ1v) is 7.35. The summed E-state index contributed by atoms with van der Waals surface area (Å²) in [7, 11) is 2.30. The minimum absolute atomic E-state index is 0.520. The minimum Gasteiger partial charge on any atom is -0.300 e. The number of hydrogen-bond acceptors (Lipinski definition) is 3.